The predicted molar refractivity (Wildman–Crippen MR) is 164 cm³/mol. The normalized spacial score (nSPS) is 13.5. The SMILES string of the molecule is CCCC[N+](CCO[Si](CC)(CC)CC)(CCO[Si](CC)(CC)CC)CCO[Si](CC)(CC)CC. The average Bonchev–Trinajstić information content (AvgIpc) is 2.91. The molecule has 0 radical (unpaired) electrons. The van der Waals surface area contributed by atoms with Gasteiger partial charge in [0, 0.05) is 0 Å². The van der Waals surface area contributed by atoms with Gasteiger partial charge in [0.15, 0.2) is 25.0 Å². The molecule has 0 bridgehead atoms. The fraction of sp³-hybridized carbons (Fsp3) is 1.00. The van der Waals surface area contributed by atoms with Gasteiger partial charge in [-0.1, -0.05) is 75.7 Å². The van der Waals surface area contributed by atoms with Crippen molar-refractivity contribution in [1.82, 2.24) is 0 Å². The summed E-state index contributed by atoms with van der Waals surface area (Å²) in [5, 5.41) is 0. The van der Waals surface area contributed by atoms with Crippen LogP contribution in [0.25, 0.3) is 0 Å². The highest BCUT2D eigenvalue weighted by atomic mass is 28.4. The minimum absolute atomic E-state index is 0.904. The third kappa shape index (κ3) is 11.4. The summed E-state index contributed by atoms with van der Waals surface area (Å²) in [5.74, 6) is 0. The molecule has 0 aromatic heterocycles. The highest BCUT2D eigenvalue weighted by Crippen LogP contribution is 2.25. The van der Waals surface area contributed by atoms with Crippen LogP contribution in [0.1, 0.15) is 82.1 Å². The second-order valence-electron chi connectivity index (χ2n) is 10.9. The summed E-state index contributed by atoms with van der Waals surface area (Å²) in [6.45, 7) is 30.7. The van der Waals surface area contributed by atoms with Crippen molar-refractivity contribution in [2.45, 2.75) is 136 Å². The van der Waals surface area contributed by atoms with Crippen molar-refractivity contribution in [1.29, 1.82) is 0 Å². The lowest BCUT2D eigenvalue weighted by Crippen LogP contribution is -2.56. The molecule has 0 atom stereocenters. The van der Waals surface area contributed by atoms with Crippen molar-refractivity contribution < 1.29 is 17.8 Å². The van der Waals surface area contributed by atoms with Gasteiger partial charge >= 0.3 is 0 Å². The molecule has 0 fully saturated rings. The summed E-state index contributed by atoms with van der Waals surface area (Å²) in [6, 6.07) is 11.1. The van der Waals surface area contributed by atoms with Gasteiger partial charge in [-0.05, 0) is 60.8 Å². The first-order chi connectivity index (χ1) is 16.7. The van der Waals surface area contributed by atoms with Gasteiger partial charge in [-0.2, -0.15) is 0 Å². The topological polar surface area (TPSA) is 27.7 Å². The van der Waals surface area contributed by atoms with Crippen molar-refractivity contribution in [2.75, 3.05) is 46.0 Å². The first-order valence-electron chi connectivity index (χ1n) is 15.5. The molecule has 0 rings (SSSR count). The smallest absolute Gasteiger partial charge is 0.192 e. The van der Waals surface area contributed by atoms with E-state index in [1.165, 1.54) is 73.8 Å². The maximum Gasteiger partial charge on any atom is 0.192 e. The van der Waals surface area contributed by atoms with Crippen LogP contribution in [-0.4, -0.2) is 75.4 Å². The van der Waals surface area contributed by atoms with Crippen LogP contribution >= 0.6 is 0 Å². The summed E-state index contributed by atoms with van der Waals surface area (Å²) in [7, 11) is -4.69. The van der Waals surface area contributed by atoms with Crippen molar-refractivity contribution >= 4 is 25.0 Å². The number of nitrogens with zero attached hydrogens (tertiary/aromatic N) is 1. The van der Waals surface area contributed by atoms with E-state index in [0.29, 0.717) is 0 Å². The molecule has 0 saturated heterocycles. The highest BCUT2D eigenvalue weighted by molar-refractivity contribution is 6.74. The molecule has 35 heavy (non-hydrogen) atoms. The Hall–Kier alpha value is 0.491. The van der Waals surface area contributed by atoms with Crippen LogP contribution in [0, 0.1) is 0 Å². The fourth-order valence-corrected chi connectivity index (χ4v) is 13.6. The Morgan fingerprint density at radius 1 is 0.400 bits per heavy atom. The average molecular weight is 549 g/mol. The van der Waals surface area contributed by atoms with Crippen LogP contribution < -0.4 is 0 Å². The molecule has 7 heteroatoms. The van der Waals surface area contributed by atoms with Gasteiger partial charge in [0.05, 0.1) is 26.4 Å². The lowest BCUT2D eigenvalue weighted by atomic mass is 10.2. The Morgan fingerprint density at radius 3 is 0.857 bits per heavy atom. The second-order valence-corrected chi connectivity index (χ2v) is 25.2. The van der Waals surface area contributed by atoms with Gasteiger partial charge in [-0.25, -0.2) is 0 Å². The molecular formula is C28H66NO3Si3+. The van der Waals surface area contributed by atoms with Gasteiger partial charge in [0.25, 0.3) is 0 Å². The zero-order valence-electron chi connectivity index (χ0n) is 25.9. The quantitative estimate of drug-likeness (QED) is 0.0892. The van der Waals surface area contributed by atoms with Gasteiger partial charge < -0.3 is 17.8 Å². The number of quaternary nitrogens is 1. The Balaban J connectivity index is 5.66. The summed E-state index contributed by atoms with van der Waals surface area (Å²) in [6.07, 6.45) is 2.52. The molecule has 0 amide bonds. The maximum absolute atomic E-state index is 6.79. The molecular weight excluding hydrogens is 483 g/mol. The van der Waals surface area contributed by atoms with Crippen LogP contribution in [-0.2, 0) is 13.3 Å². The van der Waals surface area contributed by atoms with E-state index in [-0.39, 0.29) is 0 Å². The monoisotopic (exact) mass is 548 g/mol. The van der Waals surface area contributed by atoms with Crippen molar-refractivity contribution in [3.05, 3.63) is 0 Å². The third-order valence-corrected chi connectivity index (χ3v) is 23.8. The first-order valence-corrected chi connectivity index (χ1v) is 23.1. The summed E-state index contributed by atoms with van der Waals surface area (Å²) in [4.78, 5) is 0. The third-order valence-electron chi connectivity index (χ3n) is 9.71. The van der Waals surface area contributed by atoms with E-state index in [4.69, 9.17) is 13.3 Å². The van der Waals surface area contributed by atoms with Gasteiger partial charge in [0.2, 0.25) is 0 Å². The molecule has 0 unspecified atom stereocenters. The maximum atomic E-state index is 6.79. The van der Waals surface area contributed by atoms with E-state index < -0.39 is 25.0 Å². The standard InChI is InChI=1S/C28H66NO3Si3/c1-11-21-22-29(23-26-30-33(12-2,13-3)14-4,24-27-31-34(15-5,16-6)17-7)25-28-32-35(18-8,19-9)20-10/h11-28H2,1-10H3/q+1. The van der Waals surface area contributed by atoms with Crippen molar-refractivity contribution in [3.63, 3.8) is 0 Å². The molecule has 0 spiro atoms. The second kappa shape index (κ2) is 18.7. The Kier molecular flexibility index (Phi) is 19.0. The van der Waals surface area contributed by atoms with Crippen LogP contribution in [0.5, 0.6) is 0 Å². The number of unbranched alkanes of at least 4 members (excludes halogenated alkanes) is 1. The van der Waals surface area contributed by atoms with E-state index in [9.17, 15) is 0 Å². The van der Waals surface area contributed by atoms with Crippen LogP contribution in [0.2, 0.25) is 54.4 Å². The molecule has 0 aromatic carbocycles. The molecule has 0 aliphatic carbocycles. The molecule has 0 N–H and O–H groups in total. The fourth-order valence-electron chi connectivity index (χ4n) is 5.70. The first kappa shape index (κ1) is 35.5. The van der Waals surface area contributed by atoms with Crippen molar-refractivity contribution in [2.24, 2.45) is 0 Å². The number of hydrogen-bond donors (Lipinski definition) is 0. The van der Waals surface area contributed by atoms with E-state index in [1.54, 1.807) is 0 Å². The van der Waals surface area contributed by atoms with Crippen LogP contribution in [0.3, 0.4) is 0 Å². The zero-order valence-corrected chi connectivity index (χ0v) is 28.9. The van der Waals surface area contributed by atoms with Crippen molar-refractivity contribution in [3.8, 4) is 0 Å². The zero-order chi connectivity index (χ0) is 26.8. The van der Waals surface area contributed by atoms with Crippen LogP contribution in [0.4, 0.5) is 0 Å². The minimum Gasteiger partial charge on any atom is -0.411 e. The lowest BCUT2D eigenvalue weighted by Gasteiger charge is -2.42. The molecule has 4 nitrogen and oxygen atoms in total. The van der Waals surface area contributed by atoms with Gasteiger partial charge in [0.1, 0.15) is 19.6 Å². The van der Waals surface area contributed by atoms with E-state index in [2.05, 4.69) is 69.2 Å². The molecule has 0 saturated carbocycles. The van der Waals surface area contributed by atoms with E-state index in [1.807, 2.05) is 0 Å². The van der Waals surface area contributed by atoms with E-state index >= 15 is 0 Å². The summed E-state index contributed by atoms with van der Waals surface area (Å²) < 4.78 is 21.5. The Labute approximate surface area is 224 Å². The number of rotatable bonds is 24. The molecule has 0 aliphatic heterocycles. The van der Waals surface area contributed by atoms with Crippen LogP contribution in [0.15, 0.2) is 0 Å². The lowest BCUT2D eigenvalue weighted by molar-refractivity contribution is -0.928. The molecule has 0 aromatic rings. The highest BCUT2D eigenvalue weighted by Gasteiger charge is 2.35. The minimum atomic E-state index is -1.56. The Bertz CT molecular complexity index is 420. The predicted octanol–water partition coefficient (Wildman–Crippen LogP) is 8.67. The summed E-state index contributed by atoms with van der Waals surface area (Å²) in [5.41, 5.74) is 0. The largest absolute Gasteiger partial charge is 0.411 e. The molecule has 0 aliphatic rings. The number of hydrogen-bond acceptors (Lipinski definition) is 3. The van der Waals surface area contributed by atoms with E-state index in [0.717, 1.165) is 43.9 Å². The summed E-state index contributed by atoms with van der Waals surface area (Å²) >= 11 is 0. The Morgan fingerprint density at radius 2 is 0.657 bits per heavy atom. The van der Waals surface area contributed by atoms with Gasteiger partial charge in [-0.3, -0.25) is 0 Å². The molecule has 212 valence electrons. The molecule has 0 heterocycles. The van der Waals surface area contributed by atoms with Gasteiger partial charge in [-0.15, -0.1) is 0 Å².